The van der Waals surface area contributed by atoms with Crippen LogP contribution in [0.5, 0.6) is 5.75 Å². The summed E-state index contributed by atoms with van der Waals surface area (Å²) < 4.78 is 6.02. The summed E-state index contributed by atoms with van der Waals surface area (Å²) in [5.41, 5.74) is 4.32. The van der Waals surface area contributed by atoms with Gasteiger partial charge in [0.15, 0.2) is 5.60 Å². The Bertz CT molecular complexity index is 578. The van der Waals surface area contributed by atoms with Gasteiger partial charge in [0.1, 0.15) is 5.75 Å². The van der Waals surface area contributed by atoms with Crippen LogP contribution in [0.2, 0.25) is 0 Å². The SMILES string of the molecule is CSC[C@H](N)[C@](O)(Cc1cc(OC2CCC(C)CC2)ccn1)C(=O)O. The van der Waals surface area contributed by atoms with Crippen LogP contribution in [0.4, 0.5) is 0 Å². The van der Waals surface area contributed by atoms with Crippen molar-refractivity contribution in [3.63, 3.8) is 0 Å². The Labute approximate surface area is 153 Å². The lowest BCUT2D eigenvalue weighted by Gasteiger charge is -2.29. The van der Waals surface area contributed by atoms with Gasteiger partial charge in [-0.05, 0) is 43.9 Å². The molecule has 25 heavy (non-hydrogen) atoms. The van der Waals surface area contributed by atoms with Crippen molar-refractivity contribution in [2.45, 2.75) is 56.8 Å². The quantitative estimate of drug-likeness (QED) is 0.645. The van der Waals surface area contributed by atoms with Gasteiger partial charge in [0, 0.05) is 30.1 Å². The number of thioether (sulfide) groups is 1. The molecule has 0 radical (unpaired) electrons. The molecule has 0 spiro atoms. The van der Waals surface area contributed by atoms with Crippen LogP contribution in [0.25, 0.3) is 0 Å². The first-order valence-electron chi connectivity index (χ1n) is 8.67. The van der Waals surface area contributed by atoms with E-state index in [9.17, 15) is 15.0 Å². The summed E-state index contributed by atoms with van der Waals surface area (Å²) in [5.74, 6) is 0.426. The molecule has 0 bridgehead atoms. The minimum Gasteiger partial charge on any atom is -0.490 e. The third kappa shape index (κ3) is 5.33. The molecular formula is C18H28N2O4S. The highest BCUT2D eigenvalue weighted by Crippen LogP contribution is 2.28. The van der Waals surface area contributed by atoms with E-state index in [1.54, 1.807) is 18.3 Å². The molecule has 0 amide bonds. The van der Waals surface area contributed by atoms with E-state index in [1.807, 2.05) is 6.26 Å². The first-order chi connectivity index (χ1) is 11.8. The molecule has 0 aliphatic heterocycles. The largest absolute Gasteiger partial charge is 0.490 e. The Kier molecular flexibility index (Phi) is 7.10. The lowest BCUT2D eigenvalue weighted by Crippen LogP contribution is -2.57. The highest BCUT2D eigenvalue weighted by molar-refractivity contribution is 7.98. The molecule has 1 saturated carbocycles. The fourth-order valence-electron chi connectivity index (χ4n) is 3.12. The molecule has 0 unspecified atom stereocenters. The molecule has 1 aromatic rings. The number of hydrogen-bond donors (Lipinski definition) is 3. The van der Waals surface area contributed by atoms with E-state index in [-0.39, 0.29) is 12.5 Å². The average molecular weight is 368 g/mol. The van der Waals surface area contributed by atoms with E-state index in [4.69, 9.17) is 10.5 Å². The van der Waals surface area contributed by atoms with E-state index >= 15 is 0 Å². The fraction of sp³-hybridized carbons (Fsp3) is 0.667. The van der Waals surface area contributed by atoms with Gasteiger partial charge in [-0.1, -0.05) is 6.92 Å². The summed E-state index contributed by atoms with van der Waals surface area (Å²) in [6.45, 7) is 2.26. The predicted octanol–water partition coefficient (Wildman–Crippen LogP) is 2.09. The highest BCUT2D eigenvalue weighted by Gasteiger charge is 2.42. The standard InChI is InChI=1S/C18H28N2O4S/c1-12-3-5-14(6-4-12)24-15-7-8-20-13(9-15)10-18(23,17(21)22)16(19)11-25-2/h7-9,12,14,16,23H,3-6,10-11,19H2,1-2H3,(H,21,22)/t12?,14?,16-,18+/m0/s1. The molecule has 1 heterocycles. The lowest BCUT2D eigenvalue weighted by molar-refractivity contribution is -0.160. The Morgan fingerprint density at radius 1 is 1.48 bits per heavy atom. The number of aromatic nitrogens is 1. The molecule has 0 aromatic carbocycles. The number of rotatable bonds is 8. The number of aliphatic carboxylic acids is 1. The van der Waals surface area contributed by atoms with Crippen molar-refractivity contribution in [2.24, 2.45) is 11.7 Å². The van der Waals surface area contributed by atoms with Crippen molar-refractivity contribution in [1.29, 1.82) is 0 Å². The molecule has 2 atom stereocenters. The maximum Gasteiger partial charge on any atom is 0.337 e. The molecular weight excluding hydrogens is 340 g/mol. The van der Waals surface area contributed by atoms with Gasteiger partial charge in [0.05, 0.1) is 12.1 Å². The van der Waals surface area contributed by atoms with Crippen molar-refractivity contribution in [1.82, 2.24) is 4.98 Å². The van der Waals surface area contributed by atoms with Crippen LogP contribution in [0, 0.1) is 5.92 Å². The summed E-state index contributed by atoms with van der Waals surface area (Å²) in [6, 6.07) is 2.59. The number of carboxylic acid groups (broad SMARTS) is 1. The monoisotopic (exact) mass is 368 g/mol. The zero-order valence-electron chi connectivity index (χ0n) is 14.9. The van der Waals surface area contributed by atoms with Crippen LogP contribution in [-0.4, -0.2) is 50.9 Å². The molecule has 1 fully saturated rings. The van der Waals surface area contributed by atoms with Gasteiger partial charge in [-0.15, -0.1) is 0 Å². The Hall–Kier alpha value is -1.31. The summed E-state index contributed by atoms with van der Waals surface area (Å²) in [7, 11) is 0. The minimum absolute atomic E-state index is 0.150. The van der Waals surface area contributed by atoms with Gasteiger partial charge in [0.2, 0.25) is 0 Å². The van der Waals surface area contributed by atoms with Crippen molar-refractivity contribution >= 4 is 17.7 Å². The number of carbonyl (C=O) groups is 1. The zero-order chi connectivity index (χ0) is 18.4. The van der Waals surface area contributed by atoms with Crippen molar-refractivity contribution in [2.75, 3.05) is 12.0 Å². The third-order valence-corrected chi connectivity index (χ3v) is 5.53. The second kappa shape index (κ2) is 8.87. The van der Waals surface area contributed by atoms with E-state index in [1.165, 1.54) is 11.8 Å². The molecule has 1 aliphatic carbocycles. The summed E-state index contributed by atoms with van der Waals surface area (Å²) in [6.07, 6.45) is 7.80. The maximum absolute atomic E-state index is 11.6. The summed E-state index contributed by atoms with van der Waals surface area (Å²) >= 11 is 1.40. The smallest absolute Gasteiger partial charge is 0.337 e. The molecule has 1 aliphatic rings. The van der Waals surface area contributed by atoms with E-state index in [2.05, 4.69) is 11.9 Å². The Balaban J connectivity index is 2.07. The van der Waals surface area contributed by atoms with E-state index in [0.717, 1.165) is 31.6 Å². The van der Waals surface area contributed by atoms with Gasteiger partial charge in [-0.3, -0.25) is 4.98 Å². The number of hydrogen-bond acceptors (Lipinski definition) is 6. The number of nitrogens with zero attached hydrogens (tertiary/aromatic N) is 1. The molecule has 6 nitrogen and oxygen atoms in total. The number of nitrogens with two attached hydrogens (primary N) is 1. The second-order valence-electron chi connectivity index (χ2n) is 6.95. The molecule has 4 N–H and O–H groups in total. The van der Waals surface area contributed by atoms with Gasteiger partial charge < -0.3 is 20.7 Å². The molecule has 2 rings (SSSR count). The molecule has 7 heteroatoms. The van der Waals surface area contributed by atoms with Crippen LogP contribution in [0.15, 0.2) is 18.3 Å². The van der Waals surface area contributed by atoms with Crippen LogP contribution < -0.4 is 10.5 Å². The van der Waals surface area contributed by atoms with Crippen molar-refractivity contribution < 1.29 is 19.7 Å². The van der Waals surface area contributed by atoms with Crippen LogP contribution in [-0.2, 0) is 11.2 Å². The lowest BCUT2D eigenvalue weighted by atomic mass is 9.89. The minimum atomic E-state index is -2.05. The van der Waals surface area contributed by atoms with Gasteiger partial charge in [0.25, 0.3) is 0 Å². The van der Waals surface area contributed by atoms with E-state index in [0.29, 0.717) is 17.2 Å². The maximum atomic E-state index is 11.6. The van der Waals surface area contributed by atoms with Crippen molar-refractivity contribution in [3.05, 3.63) is 24.0 Å². The van der Waals surface area contributed by atoms with Gasteiger partial charge in [-0.25, -0.2) is 4.79 Å². The first-order valence-corrected chi connectivity index (χ1v) is 10.1. The Morgan fingerprint density at radius 3 is 2.76 bits per heavy atom. The topological polar surface area (TPSA) is 106 Å². The molecule has 1 aromatic heterocycles. The summed E-state index contributed by atoms with van der Waals surface area (Å²) in [5, 5.41) is 20.0. The highest BCUT2D eigenvalue weighted by atomic mass is 32.2. The van der Waals surface area contributed by atoms with Crippen LogP contribution in [0.1, 0.15) is 38.3 Å². The predicted molar refractivity (Wildman–Crippen MR) is 98.9 cm³/mol. The van der Waals surface area contributed by atoms with Crippen molar-refractivity contribution in [3.8, 4) is 5.75 Å². The fourth-order valence-corrected chi connectivity index (χ4v) is 3.76. The van der Waals surface area contributed by atoms with Gasteiger partial charge in [-0.2, -0.15) is 11.8 Å². The first kappa shape index (κ1) is 20.0. The number of aliphatic hydroxyl groups is 1. The van der Waals surface area contributed by atoms with Gasteiger partial charge >= 0.3 is 5.97 Å². The number of ether oxygens (including phenoxy) is 1. The van der Waals surface area contributed by atoms with E-state index < -0.39 is 17.6 Å². The second-order valence-corrected chi connectivity index (χ2v) is 7.86. The summed E-state index contributed by atoms with van der Waals surface area (Å²) in [4.78, 5) is 15.8. The Morgan fingerprint density at radius 2 is 2.16 bits per heavy atom. The number of pyridine rings is 1. The number of carboxylic acids is 1. The molecule has 140 valence electrons. The average Bonchev–Trinajstić information content (AvgIpc) is 2.57. The zero-order valence-corrected chi connectivity index (χ0v) is 15.7. The third-order valence-electron chi connectivity index (χ3n) is 4.83. The normalized spacial score (nSPS) is 24.3. The van der Waals surface area contributed by atoms with Crippen LogP contribution >= 0.6 is 11.8 Å². The molecule has 0 saturated heterocycles. The van der Waals surface area contributed by atoms with Crippen LogP contribution in [0.3, 0.4) is 0 Å².